The van der Waals surface area contributed by atoms with Gasteiger partial charge in [0.15, 0.2) is 0 Å². The number of benzene rings is 2. The predicted molar refractivity (Wildman–Crippen MR) is 107 cm³/mol. The van der Waals surface area contributed by atoms with Crippen molar-refractivity contribution in [2.24, 2.45) is 0 Å². The number of hydrogen-bond donors (Lipinski definition) is 2. The fourth-order valence-electron chi connectivity index (χ4n) is 3.60. The first-order valence-corrected chi connectivity index (χ1v) is 8.80. The Kier molecular flexibility index (Phi) is 3.92. The first-order chi connectivity index (χ1) is 12.1. The largest absolute Gasteiger partial charge is 0.351 e. The molecule has 3 aromatic rings. The van der Waals surface area contributed by atoms with Crippen molar-refractivity contribution in [3.05, 3.63) is 76.5 Å². The van der Waals surface area contributed by atoms with Crippen LogP contribution in [0, 0.1) is 6.92 Å². The van der Waals surface area contributed by atoms with Crippen LogP contribution in [-0.4, -0.2) is 10.9 Å². The van der Waals surface area contributed by atoms with Gasteiger partial charge in [-0.3, -0.25) is 4.79 Å². The maximum Gasteiger partial charge on any atom is 0.268 e. The number of carbonyl (C=O) groups is 1. The number of aryl methyl sites for hydroxylation is 2. The van der Waals surface area contributed by atoms with E-state index >= 15 is 0 Å². The second-order valence-corrected chi connectivity index (χ2v) is 6.83. The van der Waals surface area contributed by atoms with Crippen LogP contribution >= 0.6 is 0 Å². The topological polar surface area (TPSA) is 44.9 Å². The molecule has 3 heteroatoms. The summed E-state index contributed by atoms with van der Waals surface area (Å²) in [6.45, 7) is 4.10. The Bertz CT molecular complexity index is 991. The molecule has 0 aliphatic heterocycles. The smallest absolute Gasteiger partial charge is 0.268 e. The summed E-state index contributed by atoms with van der Waals surface area (Å²) in [6, 6.07) is 14.4. The van der Waals surface area contributed by atoms with E-state index in [4.69, 9.17) is 0 Å². The summed E-state index contributed by atoms with van der Waals surface area (Å²) in [5.74, 6) is -0.0706. The van der Waals surface area contributed by atoms with Gasteiger partial charge in [0.2, 0.25) is 0 Å². The molecule has 0 bridgehead atoms. The summed E-state index contributed by atoms with van der Waals surface area (Å²) in [7, 11) is 0. The zero-order chi connectivity index (χ0) is 17.4. The Morgan fingerprint density at radius 3 is 3.00 bits per heavy atom. The van der Waals surface area contributed by atoms with Crippen molar-refractivity contribution in [3.63, 3.8) is 0 Å². The fraction of sp³-hybridized carbons (Fsp3) is 0.227. The minimum absolute atomic E-state index is 0. The third kappa shape index (κ3) is 2.98. The first-order valence-electron chi connectivity index (χ1n) is 8.80. The second kappa shape index (κ2) is 6.25. The average Bonchev–Trinajstić information content (AvgIpc) is 3.04. The Balaban J connectivity index is 0.00000131. The van der Waals surface area contributed by atoms with E-state index in [-0.39, 0.29) is 14.8 Å². The van der Waals surface area contributed by atoms with E-state index < -0.39 is 0 Å². The zero-order valence-electron chi connectivity index (χ0n) is 14.6. The highest BCUT2D eigenvalue weighted by atomic mass is 16.1. The van der Waals surface area contributed by atoms with Crippen molar-refractivity contribution in [2.45, 2.75) is 32.7 Å². The molecule has 130 valence electrons. The molecular weight excluding hydrogens is 308 g/mol. The highest BCUT2D eigenvalue weighted by molar-refractivity contribution is 5.98. The van der Waals surface area contributed by atoms with Crippen molar-refractivity contribution in [1.82, 2.24) is 10.3 Å². The standard InChI is InChI=1S/C22H22N2O.2H2/c1-14-10-11-20-17(12-14)13-21(24-20)22(25)23-15(2)18-9-5-7-16-6-3-4-8-19(16)18;;/h4-5,7-13,15,24H,3,6H2,1-2H3,(H,23,25);2*1H/t15-;;/m1../s1. The molecule has 0 spiro atoms. The van der Waals surface area contributed by atoms with Crippen LogP contribution in [0.2, 0.25) is 0 Å². The van der Waals surface area contributed by atoms with Crippen LogP contribution in [0.15, 0.2) is 48.5 Å². The molecule has 1 amide bonds. The molecule has 1 atom stereocenters. The van der Waals surface area contributed by atoms with Crippen LogP contribution in [0.5, 0.6) is 0 Å². The second-order valence-electron chi connectivity index (χ2n) is 6.83. The van der Waals surface area contributed by atoms with E-state index in [1.54, 1.807) is 0 Å². The van der Waals surface area contributed by atoms with Crippen molar-refractivity contribution >= 4 is 22.9 Å². The van der Waals surface area contributed by atoms with Crippen molar-refractivity contribution in [1.29, 1.82) is 0 Å². The van der Waals surface area contributed by atoms with Crippen LogP contribution in [-0.2, 0) is 6.42 Å². The van der Waals surface area contributed by atoms with Gasteiger partial charge in [0.05, 0.1) is 6.04 Å². The number of nitrogens with one attached hydrogen (secondary N) is 2. The van der Waals surface area contributed by atoms with Gasteiger partial charge < -0.3 is 10.3 Å². The van der Waals surface area contributed by atoms with E-state index in [1.807, 2.05) is 25.1 Å². The Hall–Kier alpha value is -2.81. The van der Waals surface area contributed by atoms with Gasteiger partial charge in [0, 0.05) is 13.8 Å². The van der Waals surface area contributed by atoms with Crippen molar-refractivity contribution < 1.29 is 7.65 Å². The van der Waals surface area contributed by atoms with E-state index in [0.29, 0.717) is 5.69 Å². The molecule has 0 saturated carbocycles. The molecule has 0 unspecified atom stereocenters. The number of amides is 1. The Labute approximate surface area is 150 Å². The van der Waals surface area contributed by atoms with E-state index in [9.17, 15) is 4.79 Å². The minimum atomic E-state index is -0.0706. The zero-order valence-corrected chi connectivity index (χ0v) is 14.6. The molecule has 1 heterocycles. The van der Waals surface area contributed by atoms with Gasteiger partial charge in [0.25, 0.3) is 5.91 Å². The van der Waals surface area contributed by atoms with Gasteiger partial charge in [-0.15, -0.1) is 0 Å². The Morgan fingerprint density at radius 1 is 1.24 bits per heavy atom. The minimum Gasteiger partial charge on any atom is -0.351 e. The number of H-pyrrole nitrogens is 1. The highest BCUT2D eigenvalue weighted by Crippen LogP contribution is 2.27. The average molecular weight is 334 g/mol. The quantitative estimate of drug-likeness (QED) is 0.660. The molecular formula is C22H26N2O. The maximum atomic E-state index is 12.7. The van der Waals surface area contributed by atoms with Crippen LogP contribution in [0.1, 0.15) is 55.0 Å². The summed E-state index contributed by atoms with van der Waals surface area (Å²) in [4.78, 5) is 15.9. The lowest BCUT2D eigenvalue weighted by Gasteiger charge is -2.20. The van der Waals surface area contributed by atoms with Crippen LogP contribution in [0.3, 0.4) is 0 Å². The molecule has 0 radical (unpaired) electrons. The van der Waals surface area contributed by atoms with E-state index in [1.165, 1.54) is 22.3 Å². The summed E-state index contributed by atoms with van der Waals surface area (Å²) < 4.78 is 0. The molecule has 1 aromatic heterocycles. The monoisotopic (exact) mass is 334 g/mol. The molecule has 0 saturated heterocycles. The van der Waals surface area contributed by atoms with Gasteiger partial charge in [-0.25, -0.2) is 0 Å². The maximum absolute atomic E-state index is 12.7. The van der Waals surface area contributed by atoms with Crippen molar-refractivity contribution in [3.8, 4) is 0 Å². The molecule has 0 fully saturated rings. The Morgan fingerprint density at radius 2 is 2.12 bits per heavy atom. The van der Waals surface area contributed by atoms with E-state index in [0.717, 1.165) is 23.7 Å². The normalized spacial score (nSPS) is 14.3. The molecule has 1 aliphatic carbocycles. The van der Waals surface area contributed by atoms with Gasteiger partial charge in [-0.1, -0.05) is 42.0 Å². The molecule has 1 aliphatic rings. The van der Waals surface area contributed by atoms with Crippen LogP contribution in [0.25, 0.3) is 17.0 Å². The molecule has 2 N–H and O–H groups in total. The van der Waals surface area contributed by atoms with E-state index in [2.05, 4.69) is 53.6 Å². The SMILES string of the molecule is Cc1ccc2[nH]c(C(=O)N[C@H](C)c3cccc4c3C=CCC4)cc2c1.[HH].[HH]. The number of aromatic amines is 1. The number of allylic oxidation sites excluding steroid dienone is 1. The molecule has 3 nitrogen and oxygen atoms in total. The van der Waals surface area contributed by atoms with Gasteiger partial charge in [0.1, 0.15) is 5.69 Å². The lowest BCUT2D eigenvalue weighted by atomic mass is 9.90. The number of hydrogen-bond acceptors (Lipinski definition) is 1. The third-order valence-electron chi connectivity index (χ3n) is 4.93. The summed E-state index contributed by atoms with van der Waals surface area (Å²) in [5, 5.41) is 4.20. The molecule has 25 heavy (non-hydrogen) atoms. The number of carbonyl (C=O) groups excluding carboxylic acids is 1. The van der Waals surface area contributed by atoms with Gasteiger partial charge in [-0.2, -0.15) is 0 Å². The number of aromatic nitrogens is 1. The summed E-state index contributed by atoms with van der Waals surface area (Å²) in [6.07, 6.45) is 6.55. The third-order valence-corrected chi connectivity index (χ3v) is 4.93. The lowest BCUT2D eigenvalue weighted by molar-refractivity contribution is 0.0935. The van der Waals surface area contributed by atoms with Gasteiger partial charge in [-0.05, 0) is 61.6 Å². The van der Waals surface area contributed by atoms with Crippen molar-refractivity contribution in [2.75, 3.05) is 0 Å². The first kappa shape index (κ1) is 15.7. The predicted octanol–water partition coefficient (Wildman–Crippen LogP) is 5.42. The molecule has 2 aromatic carbocycles. The summed E-state index contributed by atoms with van der Waals surface area (Å²) in [5.41, 5.74) is 6.58. The fourth-order valence-corrected chi connectivity index (χ4v) is 3.60. The number of rotatable bonds is 3. The van der Waals surface area contributed by atoms with Gasteiger partial charge >= 0.3 is 0 Å². The van der Waals surface area contributed by atoms with Crippen LogP contribution < -0.4 is 5.32 Å². The highest BCUT2D eigenvalue weighted by Gasteiger charge is 2.17. The lowest BCUT2D eigenvalue weighted by Crippen LogP contribution is -2.27. The van der Waals surface area contributed by atoms with Crippen LogP contribution in [0.4, 0.5) is 0 Å². The molecule has 4 rings (SSSR count). The summed E-state index contributed by atoms with van der Waals surface area (Å²) >= 11 is 0. The number of fused-ring (bicyclic) bond motifs is 2.